The van der Waals surface area contributed by atoms with Gasteiger partial charge in [-0.3, -0.25) is 15.0 Å². The van der Waals surface area contributed by atoms with E-state index in [0.29, 0.717) is 22.8 Å². The maximum absolute atomic E-state index is 12.4. The number of hydrogen-bond donors (Lipinski definition) is 2. The molecule has 0 atom stereocenters. The van der Waals surface area contributed by atoms with E-state index in [1.54, 1.807) is 18.6 Å². The number of rotatable bonds is 2. The van der Waals surface area contributed by atoms with Crippen LogP contribution in [0.4, 0.5) is 0 Å². The van der Waals surface area contributed by atoms with E-state index < -0.39 is 0 Å². The second-order valence-electron chi connectivity index (χ2n) is 5.34. The van der Waals surface area contributed by atoms with Crippen LogP contribution >= 0.6 is 0 Å². The minimum Gasteiger partial charge on any atom is -0.444 e. The highest BCUT2D eigenvalue weighted by molar-refractivity contribution is 5.84. The van der Waals surface area contributed by atoms with E-state index in [4.69, 9.17) is 4.42 Å². The molecule has 0 unspecified atom stereocenters. The van der Waals surface area contributed by atoms with Gasteiger partial charge in [-0.05, 0) is 12.1 Å². The molecule has 0 fully saturated rings. The maximum atomic E-state index is 12.4. The van der Waals surface area contributed by atoms with Crippen molar-refractivity contribution in [3.05, 3.63) is 59.5 Å². The van der Waals surface area contributed by atoms with Crippen LogP contribution in [0.1, 0.15) is 0 Å². The van der Waals surface area contributed by atoms with E-state index in [1.807, 2.05) is 18.2 Å². The SMILES string of the molecule is O=c1cc(-c2ccc3[nH]ncc3c2)nc2c(-c3ncco3)c[nH]n12. The molecule has 0 amide bonds. The summed E-state index contributed by atoms with van der Waals surface area (Å²) in [5.41, 5.74) is 3.23. The summed E-state index contributed by atoms with van der Waals surface area (Å²) in [7, 11) is 0. The molecule has 5 rings (SSSR count). The van der Waals surface area contributed by atoms with Gasteiger partial charge in [0.15, 0.2) is 5.65 Å². The Morgan fingerprint density at radius 1 is 1.21 bits per heavy atom. The summed E-state index contributed by atoms with van der Waals surface area (Å²) in [6.07, 6.45) is 6.42. The Kier molecular flexibility index (Phi) is 2.49. The highest BCUT2D eigenvalue weighted by Crippen LogP contribution is 2.25. The van der Waals surface area contributed by atoms with Gasteiger partial charge in [-0.25, -0.2) is 14.5 Å². The largest absolute Gasteiger partial charge is 0.444 e. The summed E-state index contributed by atoms with van der Waals surface area (Å²) >= 11 is 0. The lowest BCUT2D eigenvalue weighted by atomic mass is 10.1. The third kappa shape index (κ3) is 1.80. The fraction of sp³-hybridized carbons (Fsp3) is 0. The number of aromatic nitrogens is 6. The Morgan fingerprint density at radius 2 is 2.17 bits per heavy atom. The Labute approximate surface area is 133 Å². The van der Waals surface area contributed by atoms with Gasteiger partial charge in [0.05, 0.1) is 29.2 Å². The van der Waals surface area contributed by atoms with E-state index in [0.717, 1.165) is 16.5 Å². The average molecular weight is 318 g/mol. The standard InChI is InChI=1S/C16H10N6O2/c23-14-6-13(9-1-2-12-10(5-9)7-18-21-12)20-15-11(8-19-22(14)15)16-17-3-4-24-16/h1-8,19H,(H,18,21). The summed E-state index contributed by atoms with van der Waals surface area (Å²) in [6.45, 7) is 0. The molecule has 8 nitrogen and oxygen atoms in total. The van der Waals surface area contributed by atoms with Crippen LogP contribution in [0.15, 0.2) is 58.3 Å². The van der Waals surface area contributed by atoms with Crippen LogP contribution in [-0.2, 0) is 0 Å². The van der Waals surface area contributed by atoms with Gasteiger partial charge in [-0.1, -0.05) is 6.07 Å². The van der Waals surface area contributed by atoms with Crippen LogP contribution < -0.4 is 5.56 Å². The van der Waals surface area contributed by atoms with Gasteiger partial charge in [-0.15, -0.1) is 0 Å². The number of benzene rings is 1. The molecule has 0 saturated heterocycles. The van der Waals surface area contributed by atoms with E-state index >= 15 is 0 Å². The molecule has 4 heterocycles. The van der Waals surface area contributed by atoms with Gasteiger partial charge in [0.25, 0.3) is 5.56 Å². The van der Waals surface area contributed by atoms with E-state index in [-0.39, 0.29) is 5.56 Å². The molecule has 4 aromatic heterocycles. The number of nitrogens with zero attached hydrogens (tertiary/aromatic N) is 4. The summed E-state index contributed by atoms with van der Waals surface area (Å²) in [5, 5.41) is 10.7. The second-order valence-corrected chi connectivity index (χ2v) is 5.34. The third-order valence-electron chi connectivity index (χ3n) is 3.90. The van der Waals surface area contributed by atoms with Crippen molar-refractivity contribution in [2.75, 3.05) is 0 Å². The molecule has 0 spiro atoms. The second kappa shape index (κ2) is 4.66. The number of aromatic amines is 2. The van der Waals surface area contributed by atoms with Crippen molar-refractivity contribution in [3.63, 3.8) is 0 Å². The van der Waals surface area contributed by atoms with Crippen LogP contribution in [0.2, 0.25) is 0 Å². The Bertz CT molecular complexity index is 1230. The molecule has 0 radical (unpaired) electrons. The first-order chi connectivity index (χ1) is 11.8. The minimum atomic E-state index is -0.208. The lowest BCUT2D eigenvalue weighted by Gasteiger charge is -2.02. The van der Waals surface area contributed by atoms with E-state index in [2.05, 4.69) is 25.3 Å². The Morgan fingerprint density at radius 3 is 3.04 bits per heavy atom. The fourth-order valence-electron chi connectivity index (χ4n) is 2.75. The van der Waals surface area contributed by atoms with Crippen molar-refractivity contribution in [1.29, 1.82) is 0 Å². The lowest BCUT2D eigenvalue weighted by Crippen LogP contribution is -2.14. The molecule has 1 aromatic carbocycles. The minimum absolute atomic E-state index is 0.208. The molecule has 0 aliphatic carbocycles. The number of oxazole rings is 1. The highest BCUT2D eigenvalue weighted by atomic mass is 16.3. The van der Waals surface area contributed by atoms with E-state index in [1.165, 1.54) is 16.8 Å². The predicted molar refractivity (Wildman–Crippen MR) is 86.4 cm³/mol. The summed E-state index contributed by atoms with van der Waals surface area (Å²) < 4.78 is 6.68. The quantitative estimate of drug-likeness (QED) is 0.519. The molecular weight excluding hydrogens is 308 g/mol. The van der Waals surface area contributed by atoms with Crippen LogP contribution in [0.3, 0.4) is 0 Å². The molecule has 0 aliphatic heterocycles. The van der Waals surface area contributed by atoms with Crippen LogP contribution in [0.25, 0.3) is 39.3 Å². The summed E-state index contributed by atoms with van der Waals surface area (Å²) in [5.74, 6) is 0.406. The Hall–Kier alpha value is -3.68. The van der Waals surface area contributed by atoms with Gasteiger partial charge in [-0.2, -0.15) is 5.10 Å². The highest BCUT2D eigenvalue weighted by Gasteiger charge is 2.14. The molecular formula is C16H10N6O2. The van der Waals surface area contributed by atoms with Crippen molar-refractivity contribution >= 4 is 16.6 Å². The number of H-pyrrole nitrogens is 2. The van der Waals surface area contributed by atoms with Gasteiger partial charge in [0, 0.05) is 23.2 Å². The first-order valence-electron chi connectivity index (χ1n) is 7.24. The number of nitrogens with one attached hydrogen (secondary N) is 2. The molecule has 5 aromatic rings. The van der Waals surface area contributed by atoms with Crippen molar-refractivity contribution in [2.24, 2.45) is 0 Å². The predicted octanol–water partition coefficient (Wildman–Crippen LogP) is 2.22. The first kappa shape index (κ1) is 12.8. The smallest absolute Gasteiger partial charge is 0.273 e. The van der Waals surface area contributed by atoms with Crippen molar-refractivity contribution in [1.82, 2.24) is 29.8 Å². The van der Waals surface area contributed by atoms with Crippen molar-refractivity contribution in [2.45, 2.75) is 0 Å². The zero-order chi connectivity index (χ0) is 16.1. The van der Waals surface area contributed by atoms with Crippen LogP contribution in [0.5, 0.6) is 0 Å². The Balaban J connectivity index is 1.77. The summed E-state index contributed by atoms with van der Waals surface area (Å²) in [6, 6.07) is 7.24. The van der Waals surface area contributed by atoms with E-state index in [9.17, 15) is 4.79 Å². The van der Waals surface area contributed by atoms with Crippen LogP contribution in [-0.4, -0.2) is 29.8 Å². The molecule has 2 N–H and O–H groups in total. The molecule has 0 aliphatic rings. The molecule has 24 heavy (non-hydrogen) atoms. The average Bonchev–Trinajstić information content (AvgIpc) is 3.33. The zero-order valence-corrected chi connectivity index (χ0v) is 12.2. The monoisotopic (exact) mass is 318 g/mol. The molecule has 0 bridgehead atoms. The zero-order valence-electron chi connectivity index (χ0n) is 12.2. The van der Waals surface area contributed by atoms with Crippen LogP contribution in [0, 0.1) is 0 Å². The third-order valence-corrected chi connectivity index (χ3v) is 3.90. The molecule has 8 heteroatoms. The molecule has 116 valence electrons. The van der Waals surface area contributed by atoms with Gasteiger partial charge in [0.2, 0.25) is 5.89 Å². The number of fused-ring (bicyclic) bond motifs is 2. The van der Waals surface area contributed by atoms with Crippen molar-refractivity contribution < 1.29 is 4.42 Å². The lowest BCUT2D eigenvalue weighted by molar-refractivity contribution is 0.575. The topological polar surface area (TPSA) is 105 Å². The number of hydrogen-bond acceptors (Lipinski definition) is 5. The van der Waals surface area contributed by atoms with Crippen molar-refractivity contribution in [3.8, 4) is 22.7 Å². The van der Waals surface area contributed by atoms with Gasteiger partial charge >= 0.3 is 0 Å². The first-order valence-corrected chi connectivity index (χ1v) is 7.24. The normalized spacial score (nSPS) is 11.5. The molecule has 0 saturated carbocycles. The summed E-state index contributed by atoms with van der Waals surface area (Å²) in [4.78, 5) is 21.1. The fourth-order valence-corrected chi connectivity index (χ4v) is 2.75. The maximum Gasteiger partial charge on any atom is 0.273 e. The van der Waals surface area contributed by atoms with Gasteiger partial charge < -0.3 is 4.42 Å². The van der Waals surface area contributed by atoms with Gasteiger partial charge in [0.1, 0.15) is 6.26 Å².